The van der Waals surface area contributed by atoms with Crippen LogP contribution in [-0.4, -0.2) is 10.1 Å². The Morgan fingerprint density at radius 1 is 1.18 bits per heavy atom. The smallest absolute Gasteiger partial charge is 0.140 e. The molecule has 0 saturated carbocycles. The first-order valence-corrected chi connectivity index (χ1v) is 8.04. The van der Waals surface area contributed by atoms with Gasteiger partial charge in [0.25, 0.3) is 0 Å². The molecule has 1 unspecified atom stereocenters. The molecule has 3 N–H and O–H groups in total. The average Bonchev–Trinajstić information content (AvgIpc) is 2.53. The summed E-state index contributed by atoms with van der Waals surface area (Å²) < 4.78 is 0. The second kappa shape index (κ2) is 7.30. The van der Waals surface area contributed by atoms with Crippen molar-refractivity contribution < 1.29 is 5.11 Å². The lowest BCUT2D eigenvalue weighted by atomic mass is 9.86. The highest BCUT2D eigenvalue weighted by molar-refractivity contribution is 5.53. The minimum atomic E-state index is 0.270. The van der Waals surface area contributed by atoms with Crippen LogP contribution in [0.4, 0.5) is 5.82 Å². The predicted octanol–water partition coefficient (Wildman–Crippen LogP) is 4.50. The number of unbranched alkanes of at least 4 members (excludes halogenated alkanes) is 1. The maximum absolute atomic E-state index is 10.2. The first-order chi connectivity index (χ1) is 10.5. The zero-order valence-corrected chi connectivity index (χ0v) is 13.8. The Hall–Kier alpha value is -2.03. The number of hydrogen-bond acceptors (Lipinski definition) is 3. The van der Waals surface area contributed by atoms with E-state index in [1.54, 1.807) is 6.92 Å². The van der Waals surface area contributed by atoms with E-state index in [1.165, 1.54) is 18.4 Å². The number of aromatic hydroxyl groups is 1. The molecule has 0 aliphatic rings. The van der Waals surface area contributed by atoms with Crippen molar-refractivity contribution in [2.45, 2.75) is 52.4 Å². The minimum absolute atomic E-state index is 0.270. The number of aromatic nitrogens is 1. The van der Waals surface area contributed by atoms with Crippen molar-refractivity contribution in [1.82, 2.24) is 4.98 Å². The van der Waals surface area contributed by atoms with E-state index in [0.717, 1.165) is 24.0 Å². The molecule has 0 aliphatic heterocycles. The number of aryl methyl sites for hydroxylation is 1. The Kier molecular flexibility index (Phi) is 5.42. The number of nitrogen functional groups attached to an aromatic ring is 1. The van der Waals surface area contributed by atoms with Crippen LogP contribution in [0.5, 0.6) is 5.75 Å². The van der Waals surface area contributed by atoms with Gasteiger partial charge >= 0.3 is 0 Å². The van der Waals surface area contributed by atoms with Crippen molar-refractivity contribution in [3.63, 3.8) is 0 Å². The zero-order valence-electron chi connectivity index (χ0n) is 13.8. The molecule has 0 amide bonds. The molecule has 0 radical (unpaired) electrons. The molecule has 2 rings (SSSR count). The van der Waals surface area contributed by atoms with E-state index in [0.29, 0.717) is 17.4 Å². The maximum Gasteiger partial charge on any atom is 0.140 e. The number of anilines is 1. The summed E-state index contributed by atoms with van der Waals surface area (Å²) >= 11 is 0. The number of nitrogens with two attached hydrogens (primary N) is 1. The second-order valence-electron chi connectivity index (χ2n) is 5.99. The molecular formula is C19H26N2O. The third-order valence-electron chi connectivity index (χ3n) is 4.38. The highest BCUT2D eigenvalue weighted by Gasteiger charge is 2.18. The maximum atomic E-state index is 10.2. The van der Waals surface area contributed by atoms with Crippen LogP contribution >= 0.6 is 0 Å². The second-order valence-corrected chi connectivity index (χ2v) is 5.99. The van der Waals surface area contributed by atoms with E-state index in [2.05, 4.69) is 36.2 Å². The van der Waals surface area contributed by atoms with Gasteiger partial charge in [0.05, 0.1) is 5.69 Å². The van der Waals surface area contributed by atoms with E-state index >= 15 is 0 Å². The largest absolute Gasteiger partial charge is 0.506 e. The molecule has 1 aromatic heterocycles. The summed E-state index contributed by atoms with van der Waals surface area (Å²) in [5, 5.41) is 10.2. The van der Waals surface area contributed by atoms with Gasteiger partial charge in [-0.15, -0.1) is 0 Å². The summed E-state index contributed by atoms with van der Waals surface area (Å²) in [4.78, 5) is 4.29. The Morgan fingerprint density at radius 3 is 2.50 bits per heavy atom. The molecule has 0 aliphatic carbocycles. The third kappa shape index (κ3) is 3.59. The third-order valence-corrected chi connectivity index (χ3v) is 4.38. The van der Waals surface area contributed by atoms with Gasteiger partial charge in [-0.05, 0) is 43.7 Å². The average molecular weight is 298 g/mol. The first kappa shape index (κ1) is 16.3. The van der Waals surface area contributed by atoms with Crippen LogP contribution in [0, 0.1) is 13.8 Å². The fraction of sp³-hybridized carbons (Fsp3) is 0.421. The summed E-state index contributed by atoms with van der Waals surface area (Å²) in [6.45, 7) is 5.92. The van der Waals surface area contributed by atoms with E-state index in [4.69, 9.17) is 5.73 Å². The van der Waals surface area contributed by atoms with Gasteiger partial charge in [0, 0.05) is 5.56 Å². The molecule has 0 spiro atoms. The van der Waals surface area contributed by atoms with E-state index in [-0.39, 0.29) is 5.75 Å². The van der Waals surface area contributed by atoms with E-state index in [9.17, 15) is 5.11 Å². The van der Waals surface area contributed by atoms with Gasteiger partial charge < -0.3 is 10.8 Å². The lowest BCUT2D eigenvalue weighted by Gasteiger charge is -2.20. The molecule has 0 fully saturated rings. The minimum Gasteiger partial charge on any atom is -0.506 e. The predicted molar refractivity (Wildman–Crippen MR) is 92.2 cm³/mol. The molecule has 1 atom stereocenters. The Morgan fingerprint density at radius 2 is 1.86 bits per heavy atom. The Labute approximate surface area is 133 Å². The topological polar surface area (TPSA) is 59.1 Å². The Balaban J connectivity index is 2.34. The summed E-state index contributed by atoms with van der Waals surface area (Å²) in [6, 6.07) is 10.5. The highest BCUT2D eigenvalue weighted by Crippen LogP contribution is 2.33. The van der Waals surface area contributed by atoms with Crippen LogP contribution in [-0.2, 0) is 6.42 Å². The highest BCUT2D eigenvalue weighted by atomic mass is 16.3. The monoisotopic (exact) mass is 298 g/mol. The fourth-order valence-electron chi connectivity index (χ4n) is 2.97. The van der Waals surface area contributed by atoms with Gasteiger partial charge in [-0.1, -0.05) is 50.1 Å². The molecule has 22 heavy (non-hydrogen) atoms. The van der Waals surface area contributed by atoms with Gasteiger partial charge in [0.1, 0.15) is 11.6 Å². The van der Waals surface area contributed by atoms with Crippen LogP contribution in [0.3, 0.4) is 0 Å². The van der Waals surface area contributed by atoms with Crippen LogP contribution in [0.25, 0.3) is 0 Å². The summed E-state index contributed by atoms with van der Waals surface area (Å²) in [7, 11) is 0. The van der Waals surface area contributed by atoms with Gasteiger partial charge in [0.2, 0.25) is 0 Å². The molecule has 1 aromatic carbocycles. The molecule has 2 aromatic rings. The van der Waals surface area contributed by atoms with E-state index < -0.39 is 0 Å². The van der Waals surface area contributed by atoms with E-state index in [1.807, 2.05) is 13.0 Å². The first-order valence-electron chi connectivity index (χ1n) is 8.04. The standard InChI is InChI=1S/C19H26N2O/c1-4-5-9-16(15-10-7-6-8-11-15)12-17-13(2)18(22)14(3)21-19(17)20/h6-8,10-11,16,22H,4-5,9,12H2,1-3H3,(H2,20,21). The zero-order chi connectivity index (χ0) is 16.1. The van der Waals surface area contributed by atoms with Gasteiger partial charge in [-0.2, -0.15) is 0 Å². The molecule has 1 heterocycles. The van der Waals surface area contributed by atoms with Crippen LogP contribution in [0.1, 0.15) is 54.5 Å². The van der Waals surface area contributed by atoms with Crippen molar-refractivity contribution in [2.24, 2.45) is 0 Å². The summed E-state index contributed by atoms with van der Waals surface area (Å²) in [5.74, 6) is 1.22. The lowest BCUT2D eigenvalue weighted by Crippen LogP contribution is -2.09. The molecule has 118 valence electrons. The van der Waals surface area contributed by atoms with Gasteiger partial charge in [-0.3, -0.25) is 0 Å². The van der Waals surface area contributed by atoms with Crippen molar-refractivity contribution in [3.8, 4) is 5.75 Å². The summed E-state index contributed by atoms with van der Waals surface area (Å²) in [5.41, 5.74) is 9.90. The number of pyridine rings is 1. The van der Waals surface area contributed by atoms with Crippen LogP contribution in [0.15, 0.2) is 30.3 Å². The van der Waals surface area contributed by atoms with Crippen molar-refractivity contribution in [1.29, 1.82) is 0 Å². The SMILES string of the molecule is CCCCC(Cc1c(N)nc(C)c(O)c1C)c1ccccc1. The fourth-order valence-corrected chi connectivity index (χ4v) is 2.97. The number of hydrogen-bond donors (Lipinski definition) is 2. The lowest BCUT2D eigenvalue weighted by molar-refractivity contribution is 0.461. The van der Waals surface area contributed by atoms with Crippen molar-refractivity contribution in [3.05, 3.63) is 52.7 Å². The molecular weight excluding hydrogens is 272 g/mol. The number of nitrogens with zero attached hydrogens (tertiary/aromatic N) is 1. The van der Waals surface area contributed by atoms with Crippen LogP contribution in [0.2, 0.25) is 0 Å². The number of rotatable bonds is 6. The quantitative estimate of drug-likeness (QED) is 0.825. The van der Waals surface area contributed by atoms with Gasteiger partial charge in [0.15, 0.2) is 0 Å². The van der Waals surface area contributed by atoms with Crippen LogP contribution < -0.4 is 5.73 Å². The summed E-state index contributed by atoms with van der Waals surface area (Å²) in [6.07, 6.45) is 4.30. The number of benzene rings is 1. The van der Waals surface area contributed by atoms with Crippen molar-refractivity contribution in [2.75, 3.05) is 5.73 Å². The molecule has 3 nitrogen and oxygen atoms in total. The molecule has 0 bridgehead atoms. The normalized spacial score (nSPS) is 12.3. The molecule has 0 saturated heterocycles. The van der Waals surface area contributed by atoms with Crippen molar-refractivity contribution >= 4 is 5.82 Å². The van der Waals surface area contributed by atoms with Gasteiger partial charge in [-0.25, -0.2) is 4.98 Å². The molecule has 3 heteroatoms. The Bertz CT molecular complexity index is 623.